The number of carbonyl (C=O) groups excluding carboxylic acids is 1. The number of carbonyl (C=O) groups is 1. The molecule has 2 aliphatic heterocycles. The number of hydrogen-bond donors (Lipinski definition) is 1. The Morgan fingerprint density at radius 1 is 1.09 bits per heavy atom. The van der Waals surface area contributed by atoms with Crippen molar-refractivity contribution in [3.8, 4) is 0 Å². The molecule has 2 fully saturated rings. The molecule has 0 aromatic heterocycles. The third-order valence-corrected chi connectivity index (χ3v) is 4.35. The summed E-state index contributed by atoms with van der Waals surface area (Å²) in [5, 5.41) is 3.38. The first-order chi connectivity index (χ1) is 10.6. The highest BCUT2D eigenvalue weighted by molar-refractivity contribution is 5.81. The van der Waals surface area contributed by atoms with Crippen LogP contribution < -0.4 is 5.32 Å². The Morgan fingerprint density at radius 2 is 1.73 bits per heavy atom. The number of rotatable bonds is 5. The Kier molecular flexibility index (Phi) is 6.49. The SMILES string of the molecule is CCNC(=NCCN1CCC1)N1CCN(C(=O)C(C)C)CC1. The summed E-state index contributed by atoms with van der Waals surface area (Å²) in [6.07, 6.45) is 1.33. The maximum atomic E-state index is 12.0. The minimum absolute atomic E-state index is 0.0879. The topological polar surface area (TPSA) is 51.2 Å². The van der Waals surface area contributed by atoms with Gasteiger partial charge in [-0.25, -0.2) is 0 Å². The van der Waals surface area contributed by atoms with Crippen LogP contribution in [0.4, 0.5) is 0 Å². The van der Waals surface area contributed by atoms with Gasteiger partial charge in [-0.3, -0.25) is 9.79 Å². The van der Waals surface area contributed by atoms with Gasteiger partial charge in [0.15, 0.2) is 5.96 Å². The van der Waals surface area contributed by atoms with Gasteiger partial charge in [0.1, 0.15) is 0 Å². The molecule has 0 saturated carbocycles. The first-order valence-electron chi connectivity index (χ1n) is 8.66. The van der Waals surface area contributed by atoms with Crippen LogP contribution >= 0.6 is 0 Å². The second-order valence-electron chi connectivity index (χ2n) is 6.40. The van der Waals surface area contributed by atoms with Crippen molar-refractivity contribution in [1.82, 2.24) is 20.0 Å². The number of guanidine groups is 1. The molecule has 2 aliphatic rings. The Morgan fingerprint density at radius 3 is 2.23 bits per heavy atom. The lowest BCUT2D eigenvalue weighted by molar-refractivity contribution is -0.135. The summed E-state index contributed by atoms with van der Waals surface area (Å²) in [5.41, 5.74) is 0. The number of amides is 1. The fraction of sp³-hybridized carbons (Fsp3) is 0.875. The lowest BCUT2D eigenvalue weighted by atomic mass is 10.1. The van der Waals surface area contributed by atoms with Crippen LogP contribution in [0, 0.1) is 5.92 Å². The third-order valence-electron chi connectivity index (χ3n) is 4.35. The van der Waals surface area contributed by atoms with E-state index in [0.717, 1.165) is 51.8 Å². The predicted molar refractivity (Wildman–Crippen MR) is 90.0 cm³/mol. The smallest absolute Gasteiger partial charge is 0.225 e. The summed E-state index contributed by atoms with van der Waals surface area (Å²) in [5.74, 6) is 1.35. The van der Waals surface area contributed by atoms with E-state index >= 15 is 0 Å². The maximum Gasteiger partial charge on any atom is 0.225 e. The largest absolute Gasteiger partial charge is 0.357 e. The van der Waals surface area contributed by atoms with Crippen molar-refractivity contribution in [2.24, 2.45) is 10.9 Å². The van der Waals surface area contributed by atoms with E-state index in [9.17, 15) is 4.79 Å². The van der Waals surface area contributed by atoms with Crippen molar-refractivity contribution < 1.29 is 4.79 Å². The van der Waals surface area contributed by atoms with E-state index in [-0.39, 0.29) is 11.8 Å². The molecule has 2 rings (SSSR count). The van der Waals surface area contributed by atoms with Gasteiger partial charge in [-0.2, -0.15) is 0 Å². The second kappa shape index (κ2) is 8.36. The molecule has 0 aromatic rings. The van der Waals surface area contributed by atoms with Gasteiger partial charge >= 0.3 is 0 Å². The van der Waals surface area contributed by atoms with Crippen LogP contribution in [0.25, 0.3) is 0 Å². The quantitative estimate of drug-likeness (QED) is 0.592. The number of nitrogens with one attached hydrogen (secondary N) is 1. The first-order valence-corrected chi connectivity index (χ1v) is 8.66. The van der Waals surface area contributed by atoms with E-state index in [1.807, 2.05) is 18.7 Å². The summed E-state index contributed by atoms with van der Waals surface area (Å²) in [4.78, 5) is 23.5. The molecule has 0 bridgehead atoms. The zero-order valence-electron chi connectivity index (χ0n) is 14.3. The average molecular weight is 309 g/mol. The minimum atomic E-state index is 0.0879. The zero-order valence-corrected chi connectivity index (χ0v) is 14.3. The molecule has 0 atom stereocenters. The second-order valence-corrected chi connectivity index (χ2v) is 6.40. The molecule has 0 unspecified atom stereocenters. The number of hydrogen-bond acceptors (Lipinski definition) is 3. The number of piperazine rings is 1. The van der Waals surface area contributed by atoms with E-state index in [4.69, 9.17) is 4.99 Å². The summed E-state index contributed by atoms with van der Waals surface area (Å²) in [6, 6.07) is 0. The van der Waals surface area contributed by atoms with Crippen LogP contribution in [0.2, 0.25) is 0 Å². The summed E-state index contributed by atoms with van der Waals surface area (Å²) in [7, 11) is 0. The molecule has 2 saturated heterocycles. The van der Waals surface area contributed by atoms with E-state index in [1.54, 1.807) is 0 Å². The van der Waals surface area contributed by atoms with Crippen molar-refractivity contribution in [2.45, 2.75) is 27.2 Å². The van der Waals surface area contributed by atoms with E-state index in [1.165, 1.54) is 19.5 Å². The highest BCUT2D eigenvalue weighted by Gasteiger charge is 2.24. The maximum absolute atomic E-state index is 12.0. The van der Waals surface area contributed by atoms with Crippen molar-refractivity contribution >= 4 is 11.9 Å². The van der Waals surface area contributed by atoms with Gasteiger partial charge in [0.25, 0.3) is 0 Å². The Labute approximate surface area is 134 Å². The van der Waals surface area contributed by atoms with Crippen LogP contribution in [0.15, 0.2) is 4.99 Å². The van der Waals surface area contributed by atoms with Crippen molar-refractivity contribution in [3.05, 3.63) is 0 Å². The van der Waals surface area contributed by atoms with Gasteiger partial charge in [-0.15, -0.1) is 0 Å². The van der Waals surface area contributed by atoms with Crippen LogP contribution in [0.3, 0.4) is 0 Å². The number of likely N-dealkylation sites (tertiary alicyclic amines) is 1. The summed E-state index contributed by atoms with van der Waals surface area (Å²) >= 11 is 0. The standard InChI is InChI=1S/C16H31N5O/c1-4-17-16(18-6-9-19-7-5-8-19)21-12-10-20(11-13-21)15(22)14(2)3/h14H,4-13H2,1-3H3,(H,17,18). The van der Waals surface area contributed by atoms with Gasteiger partial charge in [-0.1, -0.05) is 13.8 Å². The lowest BCUT2D eigenvalue weighted by Crippen LogP contribution is -2.54. The van der Waals surface area contributed by atoms with Gasteiger partial charge in [0.05, 0.1) is 6.54 Å². The molecule has 6 heteroatoms. The lowest BCUT2D eigenvalue weighted by Gasteiger charge is -2.37. The van der Waals surface area contributed by atoms with Crippen LogP contribution in [0.1, 0.15) is 27.2 Å². The van der Waals surface area contributed by atoms with Crippen molar-refractivity contribution in [3.63, 3.8) is 0 Å². The molecule has 22 heavy (non-hydrogen) atoms. The van der Waals surface area contributed by atoms with Gasteiger partial charge in [-0.05, 0) is 26.4 Å². The molecule has 0 spiro atoms. The Bertz CT molecular complexity index is 384. The molecule has 0 aromatic carbocycles. The Hall–Kier alpha value is -1.30. The average Bonchev–Trinajstić information content (AvgIpc) is 2.48. The molecule has 6 nitrogen and oxygen atoms in total. The van der Waals surface area contributed by atoms with Crippen LogP contribution in [-0.4, -0.2) is 85.5 Å². The third kappa shape index (κ3) is 4.60. The Balaban J connectivity index is 1.81. The molecule has 126 valence electrons. The molecular formula is C16H31N5O. The first kappa shape index (κ1) is 17.1. The van der Waals surface area contributed by atoms with Gasteiger partial charge in [0, 0.05) is 45.2 Å². The van der Waals surface area contributed by atoms with Crippen LogP contribution in [-0.2, 0) is 4.79 Å². The molecule has 0 radical (unpaired) electrons. The monoisotopic (exact) mass is 309 g/mol. The molecule has 0 aliphatic carbocycles. The van der Waals surface area contributed by atoms with Crippen molar-refractivity contribution in [2.75, 3.05) is 58.9 Å². The minimum Gasteiger partial charge on any atom is -0.357 e. The molecule has 1 N–H and O–H groups in total. The van der Waals surface area contributed by atoms with Crippen LogP contribution in [0.5, 0.6) is 0 Å². The summed E-state index contributed by atoms with van der Waals surface area (Å²) in [6.45, 7) is 14.6. The number of aliphatic imine (C=N–C) groups is 1. The predicted octanol–water partition coefficient (Wildman–Crippen LogP) is 0.458. The van der Waals surface area contributed by atoms with Crippen molar-refractivity contribution in [1.29, 1.82) is 0 Å². The number of nitrogens with zero attached hydrogens (tertiary/aromatic N) is 4. The fourth-order valence-corrected chi connectivity index (χ4v) is 2.83. The zero-order chi connectivity index (χ0) is 15.9. The highest BCUT2D eigenvalue weighted by Crippen LogP contribution is 2.08. The highest BCUT2D eigenvalue weighted by atomic mass is 16.2. The van der Waals surface area contributed by atoms with Gasteiger partial charge in [0.2, 0.25) is 5.91 Å². The molecular weight excluding hydrogens is 278 g/mol. The molecule has 2 heterocycles. The van der Waals surface area contributed by atoms with Gasteiger partial charge < -0.3 is 20.0 Å². The normalized spacial score (nSPS) is 20.3. The summed E-state index contributed by atoms with van der Waals surface area (Å²) < 4.78 is 0. The fourth-order valence-electron chi connectivity index (χ4n) is 2.83. The van der Waals surface area contributed by atoms with E-state index in [0.29, 0.717) is 0 Å². The van der Waals surface area contributed by atoms with E-state index < -0.39 is 0 Å². The molecule has 1 amide bonds. The van der Waals surface area contributed by atoms with E-state index in [2.05, 4.69) is 22.0 Å².